The van der Waals surface area contributed by atoms with Crippen molar-refractivity contribution in [3.63, 3.8) is 0 Å². The largest absolute Gasteiger partial charge is 0.339 e. The third-order valence-corrected chi connectivity index (χ3v) is 5.58. The van der Waals surface area contributed by atoms with Gasteiger partial charge in [0.25, 0.3) is 11.6 Å². The lowest BCUT2D eigenvalue weighted by molar-refractivity contribution is -0.387. The van der Waals surface area contributed by atoms with Gasteiger partial charge < -0.3 is 10.2 Å². The molecule has 7 heteroatoms. The Labute approximate surface area is 146 Å². The van der Waals surface area contributed by atoms with E-state index in [0.717, 1.165) is 25.3 Å². The quantitative estimate of drug-likeness (QED) is 0.485. The zero-order chi connectivity index (χ0) is 17.1. The van der Waals surface area contributed by atoms with E-state index in [4.69, 9.17) is 0 Å². The van der Waals surface area contributed by atoms with E-state index in [0.29, 0.717) is 29.6 Å². The fraction of sp³-hybridized carbons (Fsp3) is 0.588. The molecule has 1 heterocycles. The van der Waals surface area contributed by atoms with Crippen molar-refractivity contribution in [3.05, 3.63) is 33.9 Å². The summed E-state index contributed by atoms with van der Waals surface area (Å²) in [5.74, 6) is 0.756. The van der Waals surface area contributed by atoms with Gasteiger partial charge in [-0.2, -0.15) is 0 Å². The van der Waals surface area contributed by atoms with Crippen molar-refractivity contribution in [2.75, 3.05) is 25.9 Å². The number of nitrogens with one attached hydrogen (secondary N) is 1. The number of hydrogen-bond acceptors (Lipinski definition) is 5. The number of piperidine rings is 1. The van der Waals surface area contributed by atoms with Crippen LogP contribution in [0, 0.1) is 16.0 Å². The summed E-state index contributed by atoms with van der Waals surface area (Å²) in [7, 11) is 0. The molecule has 130 valence electrons. The second-order valence-electron chi connectivity index (χ2n) is 6.56. The summed E-state index contributed by atoms with van der Waals surface area (Å²) in [4.78, 5) is 25.8. The molecular formula is C17H23N3O3S. The van der Waals surface area contributed by atoms with Crippen LogP contribution in [0.25, 0.3) is 0 Å². The van der Waals surface area contributed by atoms with Gasteiger partial charge in [0.2, 0.25) is 0 Å². The summed E-state index contributed by atoms with van der Waals surface area (Å²) >= 11 is 1.32. The summed E-state index contributed by atoms with van der Waals surface area (Å²) in [6.07, 6.45) is 6.38. The van der Waals surface area contributed by atoms with Gasteiger partial charge in [-0.15, -0.1) is 11.8 Å². The maximum Gasteiger partial charge on any atom is 0.283 e. The minimum Gasteiger partial charge on any atom is -0.339 e. The van der Waals surface area contributed by atoms with E-state index in [-0.39, 0.29) is 11.6 Å². The Kier molecular flexibility index (Phi) is 5.40. The molecule has 1 aliphatic carbocycles. The fourth-order valence-corrected chi connectivity index (χ4v) is 3.64. The number of benzene rings is 1. The third-order valence-electron chi connectivity index (χ3n) is 4.80. The number of carbonyl (C=O) groups is 1. The van der Waals surface area contributed by atoms with Gasteiger partial charge in [0, 0.05) is 30.8 Å². The first-order chi connectivity index (χ1) is 11.6. The SMILES string of the molecule is CSc1ccc(C(=O)N2CCC(NCC3CC3)CC2)cc1[N+](=O)[O-]. The number of nitro benzene ring substituents is 1. The highest BCUT2D eigenvalue weighted by atomic mass is 32.2. The molecule has 0 bridgehead atoms. The van der Waals surface area contributed by atoms with Gasteiger partial charge in [0.15, 0.2) is 0 Å². The van der Waals surface area contributed by atoms with Gasteiger partial charge in [0.1, 0.15) is 0 Å². The Morgan fingerprint density at radius 2 is 2.04 bits per heavy atom. The molecule has 3 rings (SSSR count). The minimum atomic E-state index is -0.420. The van der Waals surface area contributed by atoms with E-state index < -0.39 is 4.92 Å². The highest BCUT2D eigenvalue weighted by Crippen LogP contribution is 2.30. The smallest absolute Gasteiger partial charge is 0.283 e. The first-order valence-corrected chi connectivity index (χ1v) is 9.66. The molecule has 24 heavy (non-hydrogen) atoms. The van der Waals surface area contributed by atoms with Crippen molar-refractivity contribution in [3.8, 4) is 0 Å². The number of nitro groups is 1. The molecule has 0 atom stereocenters. The van der Waals surface area contributed by atoms with E-state index in [1.807, 2.05) is 4.90 Å². The van der Waals surface area contributed by atoms with Gasteiger partial charge in [-0.1, -0.05) is 0 Å². The zero-order valence-electron chi connectivity index (χ0n) is 13.9. The molecule has 0 aromatic heterocycles. The predicted octanol–water partition coefficient (Wildman–Crippen LogP) is 2.92. The number of amides is 1. The Bertz CT molecular complexity index is 626. The van der Waals surface area contributed by atoms with Crippen molar-refractivity contribution in [1.82, 2.24) is 10.2 Å². The molecule has 1 saturated heterocycles. The van der Waals surface area contributed by atoms with Gasteiger partial charge in [-0.3, -0.25) is 14.9 Å². The molecule has 0 radical (unpaired) electrons. The molecule has 1 saturated carbocycles. The summed E-state index contributed by atoms with van der Waals surface area (Å²) < 4.78 is 0. The Balaban J connectivity index is 1.60. The molecule has 1 aromatic rings. The Hall–Kier alpha value is -1.60. The highest BCUT2D eigenvalue weighted by molar-refractivity contribution is 7.98. The highest BCUT2D eigenvalue weighted by Gasteiger charge is 2.27. The Morgan fingerprint density at radius 1 is 1.33 bits per heavy atom. The maximum absolute atomic E-state index is 12.6. The lowest BCUT2D eigenvalue weighted by atomic mass is 10.0. The number of rotatable bonds is 6. The second-order valence-corrected chi connectivity index (χ2v) is 7.41. The summed E-state index contributed by atoms with van der Waals surface area (Å²) in [5.41, 5.74) is 0.415. The monoisotopic (exact) mass is 349 g/mol. The summed E-state index contributed by atoms with van der Waals surface area (Å²) in [5, 5.41) is 14.8. The number of carbonyl (C=O) groups excluding carboxylic acids is 1. The van der Waals surface area contributed by atoms with Crippen LogP contribution in [-0.2, 0) is 0 Å². The molecule has 0 unspecified atom stereocenters. The lowest BCUT2D eigenvalue weighted by Gasteiger charge is -2.32. The third kappa shape index (κ3) is 4.08. The fourth-order valence-electron chi connectivity index (χ4n) is 3.09. The van der Waals surface area contributed by atoms with Crippen molar-refractivity contribution in [1.29, 1.82) is 0 Å². The Morgan fingerprint density at radius 3 is 2.62 bits per heavy atom. The van der Waals surface area contributed by atoms with Crippen molar-refractivity contribution in [2.24, 2.45) is 5.92 Å². The standard InChI is InChI=1S/C17H23N3O3S/c1-24-16-5-4-13(10-15(16)20(22)23)17(21)19-8-6-14(7-9-19)18-11-12-2-3-12/h4-5,10,12,14,18H,2-3,6-9,11H2,1H3. The van der Waals surface area contributed by atoms with Crippen LogP contribution >= 0.6 is 11.8 Å². The van der Waals surface area contributed by atoms with E-state index in [9.17, 15) is 14.9 Å². The average Bonchev–Trinajstić information content (AvgIpc) is 3.43. The maximum atomic E-state index is 12.6. The van der Waals surface area contributed by atoms with Gasteiger partial charge in [0.05, 0.1) is 9.82 Å². The van der Waals surface area contributed by atoms with Gasteiger partial charge >= 0.3 is 0 Å². The summed E-state index contributed by atoms with van der Waals surface area (Å²) in [6, 6.07) is 5.26. The van der Waals surface area contributed by atoms with E-state index in [1.54, 1.807) is 18.4 Å². The summed E-state index contributed by atoms with van der Waals surface area (Å²) in [6.45, 7) is 2.51. The predicted molar refractivity (Wildman–Crippen MR) is 94.5 cm³/mol. The second kappa shape index (κ2) is 7.53. The van der Waals surface area contributed by atoms with Crippen LogP contribution in [0.2, 0.25) is 0 Å². The molecule has 1 aromatic carbocycles. The van der Waals surface area contributed by atoms with Crippen LogP contribution in [0.1, 0.15) is 36.0 Å². The van der Waals surface area contributed by atoms with Crippen LogP contribution in [0.3, 0.4) is 0 Å². The van der Waals surface area contributed by atoms with Crippen molar-refractivity contribution >= 4 is 23.4 Å². The number of hydrogen-bond donors (Lipinski definition) is 1. The normalized spacial score (nSPS) is 18.6. The minimum absolute atomic E-state index is 0.00864. The van der Waals surface area contributed by atoms with Crippen LogP contribution in [-0.4, -0.2) is 47.7 Å². The zero-order valence-corrected chi connectivity index (χ0v) is 14.7. The van der Waals surface area contributed by atoms with Crippen LogP contribution < -0.4 is 5.32 Å². The number of nitrogens with zero attached hydrogens (tertiary/aromatic N) is 2. The lowest BCUT2D eigenvalue weighted by Crippen LogP contribution is -2.45. The van der Waals surface area contributed by atoms with E-state index in [2.05, 4.69) is 5.32 Å². The topological polar surface area (TPSA) is 75.5 Å². The average molecular weight is 349 g/mol. The van der Waals surface area contributed by atoms with Crippen molar-refractivity contribution < 1.29 is 9.72 Å². The van der Waals surface area contributed by atoms with Crippen LogP contribution in [0.4, 0.5) is 5.69 Å². The van der Waals surface area contributed by atoms with E-state index in [1.165, 1.54) is 30.7 Å². The molecule has 2 aliphatic rings. The van der Waals surface area contributed by atoms with Gasteiger partial charge in [-0.25, -0.2) is 0 Å². The molecular weight excluding hydrogens is 326 g/mol. The molecule has 6 nitrogen and oxygen atoms in total. The van der Waals surface area contributed by atoms with Crippen LogP contribution in [0.15, 0.2) is 23.1 Å². The molecule has 0 spiro atoms. The molecule has 1 aliphatic heterocycles. The molecule has 2 fully saturated rings. The van der Waals surface area contributed by atoms with Gasteiger partial charge in [-0.05, 0) is 56.5 Å². The van der Waals surface area contributed by atoms with E-state index >= 15 is 0 Å². The number of likely N-dealkylation sites (tertiary alicyclic amines) is 1. The molecule has 1 amide bonds. The first kappa shape index (κ1) is 17.2. The van der Waals surface area contributed by atoms with Crippen LogP contribution in [0.5, 0.6) is 0 Å². The number of thioether (sulfide) groups is 1. The van der Waals surface area contributed by atoms with Crippen molar-refractivity contribution in [2.45, 2.75) is 36.6 Å². The first-order valence-electron chi connectivity index (χ1n) is 8.43. The molecule has 1 N–H and O–H groups in total.